The van der Waals surface area contributed by atoms with Crippen LogP contribution in [0.5, 0.6) is 0 Å². The van der Waals surface area contributed by atoms with Gasteiger partial charge in [0.1, 0.15) is 5.76 Å². The summed E-state index contributed by atoms with van der Waals surface area (Å²) in [4.78, 5) is 4.81. The number of hydrogen-bond donors (Lipinski definition) is 1. The van der Waals surface area contributed by atoms with Crippen LogP contribution in [0, 0.1) is 6.92 Å². The zero-order chi connectivity index (χ0) is 15.5. The molecule has 0 fully saturated rings. The largest absolute Gasteiger partial charge is 0.469 e. The number of hydrogen-bond acceptors (Lipinski definition) is 4. The van der Waals surface area contributed by atoms with Gasteiger partial charge in [-0.05, 0) is 26.0 Å². The van der Waals surface area contributed by atoms with Gasteiger partial charge in [0.05, 0.1) is 17.0 Å². The van der Waals surface area contributed by atoms with E-state index in [0.29, 0.717) is 0 Å². The average Bonchev–Trinajstić information content (AvgIpc) is 3.02. The molecule has 0 aromatic carbocycles. The minimum atomic E-state index is 0.118. The molecular formula is C17H26N2OS. The summed E-state index contributed by atoms with van der Waals surface area (Å²) in [6.45, 7) is 11.8. The highest BCUT2D eigenvalue weighted by atomic mass is 32.1. The van der Waals surface area contributed by atoms with Crippen molar-refractivity contribution in [3.05, 3.63) is 39.7 Å². The third-order valence-electron chi connectivity index (χ3n) is 3.49. The second-order valence-electron chi connectivity index (χ2n) is 6.58. The topological polar surface area (TPSA) is 38.1 Å². The van der Waals surface area contributed by atoms with E-state index >= 15 is 0 Å². The summed E-state index contributed by atoms with van der Waals surface area (Å²) in [6, 6.07) is 2.40. The number of thiazole rings is 1. The van der Waals surface area contributed by atoms with Crippen LogP contribution >= 0.6 is 11.3 Å². The number of aromatic nitrogens is 1. The van der Waals surface area contributed by atoms with Crippen LogP contribution in [-0.4, -0.2) is 11.5 Å². The Balaban J connectivity index is 2.13. The van der Waals surface area contributed by atoms with Gasteiger partial charge in [-0.2, -0.15) is 0 Å². The van der Waals surface area contributed by atoms with Crippen LogP contribution in [-0.2, 0) is 11.8 Å². The number of furan rings is 1. The van der Waals surface area contributed by atoms with Crippen LogP contribution in [0.2, 0.25) is 0 Å². The van der Waals surface area contributed by atoms with Crippen molar-refractivity contribution in [3.63, 3.8) is 0 Å². The van der Waals surface area contributed by atoms with Gasteiger partial charge in [-0.1, -0.05) is 27.7 Å². The molecule has 0 amide bonds. The zero-order valence-corrected chi connectivity index (χ0v) is 14.5. The van der Waals surface area contributed by atoms with Gasteiger partial charge in [0.15, 0.2) is 0 Å². The van der Waals surface area contributed by atoms with E-state index in [9.17, 15) is 0 Å². The molecule has 116 valence electrons. The van der Waals surface area contributed by atoms with E-state index in [-0.39, 0.29) is 11.5 Å². The number of aryl methyl sites for hydroxylation is 1. The fraction of sp³-hybridized carbons (Fsp3) is 0.588. The molecule has 2 rings (SSSR count). The molecule has 1 atom stereocenters. The van der Waals surface area contributed by atoms with Crippen molar-refractivity contribution in [3.8, 4) is 0 Å². The van der Waals surface area contributed by atoms with E-state index < -0.39 is 0 Å². The monoisotopic (exact) mass is 306 g/mol. The molecule has 0 radical (unpaired) electrons. The molecule has 0 aliphatic rings. The van der Waals surface area contributed by atoms with E-state index in [1.807, 2.05) is 13.2 Å². The fourth-order valence-corrected chi connectivity index (χ4v) is 3.26. The van der Waals surface area contributed by atoms with E-state index in [0.717, 1.165) is 25.1 Å². The van der Waals surface area contributed by atoms with Crippen LogP contribution in [0.15, 0.2) is 22.1 Å². The van der Waals surface area contributed by atoms with Crippen molar-refractivity contribution < 1.29 is 4.42 Å². The lowest BCUT2D eigenvalue weighted by molar-refractivity contribution is 0.501. The molecule has 2 aromatic heterocycles. The molecule has 0 bridgehead atoms. The first-order chi connectivity index (χ1) is 9.90. The normalized spacial score (nSPS) is 13.6. The molecule has 2 aromatic rings. The third-order valence-corrected chi connectivity index (χ3v) is 4.36. The number of rotatable bonds is 6. The molecular weight excluding hydrogens is 280 g/mol. The Kier molecular flexibility index (Phi) is 5.22. The highest BCUT2D eigenvalue weighted by molar-refractivity contribution is 7.09. The maximum atomic E-state index is 5.47. The standard InChI is InChI=1S/C17H26N2OS/c1-6-7-18-14(13-8-12(2)20-10-13)9-16-19-15(11-21-16)17(3,4)5/h8,10-11,14,18H,6-7,9H2,1-5H3. The minimum absolute atomic E-state index is 0.118. The summed E-state index contributed by atoms with van der Waals surface area (Å²) < 4.78 is 5.47. The quantitative estimate of drug-likeness (QED) is 0.846. The molecule has 0 saturated carbocycles. The van der Waals surface area contributed by atoms with Crippen LogP contribution in [0.1, 0.15) is 62.2 Å². The molecule has 1 unspecified atom stereocenters. The van der Waals surface area contributed by atoms with Gasteiger partial charge < -0.3 is 9.73 Å². The summed E-state index contributed by atoms with van der Waals surface area (Å²) >= 11 is 1.76. The van der Waals surface area contributed by atoms with E-state index in [4.69, 9.17) is 9.40 Å². The summed E-state index contributed by atoms with van der Waals surface area (Å²) in [5.41, 5.74) is 2.52. The first-order valence-corrected chi connectivity index (χ1v) is 8.51. The van der Waals surface area contributed by atoms with Crippen LogP contribution in [0.25, 0.3) is 0 Å². The Hall–Kier alpha value is -1.13. The van der Waals surface area contributed by atoms with Crippen LogP contribution < -0.4 is 5.32 Å². The lowest BCUT2D eigenvalue weighted by Crippen LogP contribution is -2.23. The third kappa shape index (κ3) is 4.42. The van der Waals surface area contributed by atoms with Crippen LogP contribution in [0.3, 0.4) is 0 Å². The van der Waals surface area contributed by atoms with E-state index in [1.165, 1.54) is 16.3 Å². The molecule has 21 heavy (non-hydrogen) atoms. The predicted molar refractivity (Wildman–Crippen MR) is 89.0 cm³/mol. The molecule has 0 saturated heterocycles. The SMILES string of the molecule is CCCNC(Cc1nc(C(C)(C)C)cs1)c1coc(C)c1. The van der Waals surface area contributed by atoms with Crippen molar-refractivity contribution in [2.24, 2.45) is 0 Å². The predicted octanol–water partition coefficient (Wildman–Crippen LogP) is 4.63. The average molecular weight is 306 g/mol. The molecule has 0 spiro atoms. The van der Waals surface area contributed by atoms with Crippen molar-refractivity contribution >= 4 is 11.3 Å². The highest BCUT2D eigenvalue weighted by Gasteiger charge is 2.20. The molecule has 2 heterocycles. The molecule has 1 N–H and O–H groups in total. The smallest absolute Gasteiger partial charge is 0.101 e. The Morgan fingerprint density at radius 1 is 1.38 bits per heavy atom. The zero-order valence-electron chi connectivity index (χ0n) is 13.7. The van der Waals surface area contributed by atoms with Gasteiger partial charge in [-0.15, -0.1) is 11.3 Å². The first-order valence-electron chi connectivity index (χ1n) is 7.63. The van der Waals surface area contributed by atoms with Crippen molar-refractivity contribution in [1.82, 2.24) is 10.3 Å². The summed E-state index contributed by atoms with van der Waals surface area (Å²) in [6.07, 6.45) is 3.90. The summed E-state index contributed by atoms with van der Waals surface area (Å²) in [5, 5.41) is 6.98. The maximum Gasteiger partial charge on any atom is 0.101 e. The van der Waals surface area contributed by atoms with Crippen molar-refractivity contribution in [2.75, 3.05) is 6.54 Å². The van der Waals surface area contributed by atoms with Gasteiger partial charge in [-0.3, -0.25) is 0 Å². The molecule has 0 aliphatic carbocycles. The van der Waals surface area contributed by atoms with E-state index in [2.05, 4.69) is 44.5 Å². The minimum Gasteiger partial charge on any atom is -0.469 e. The second kappa shape index (κ2) is 6.75. The Labute approximate surface area is 131 Å². The van der Waals surface area contributed by atoms with Crippen molar-refractivity contribution in [1.29, 1.82) is 0 Å². The molecule has 3 nitrogen and oxygen atoms in total. The second-order valence-corrected chi connectivity index (χ2v) is 7.52. The molecule has 0 aliphatic heterocycles. The van der Waals surface area contributed by atoms with E-state index in [1.54, 1.807) is 11.3 Å². The van der Waals surface area contributed by atoms with Gasteiger partial charge in [0.2, 0.25) is 0 Å². The Morgan fingerprint density at radius 2 is 2.14 bits per heavy atom. The van der Waals surface area contributed by atoms with Crippen LogP contribution in [0.4, 0.5) is 0 Å². The van der Waals surface area contributed by atoms with Crippen molar-refractivity contribution in [2.45, 2.75) is 58.9 Å². The van der Waals surface area contributed by atoms with Gasteiger partial charge in [0, 0.05) is 28.8 Å². The first kappa shape index (κ1) is 16.2. The van der Waals surface area contributed by atoms with Gasteiger partial charge >= 0.3 is 0 Å². The maximum absolute atomic E-state index is 5.47. The number of nitrogens with zero attached hydrogens (tertiary/aromatic N) is 1. The highest BCUT2D eigenvalue weighted by Crippen LogP contribution is 2.27. The summed E-state index contributed by atoms with van der Waals surface area (Å²) in [7, 11) is 0. The fourth-order valence-electron chi connectivity index (χ4n) is 2.20. The summed E-state index contributed by atoms with van der Waals surface area (Å²) in [5.74, 6) is 0.961. The lowest BCUT2D eigenvalue weighted by Gasteiger charge is -2.16. The molecule has 4 heteroatoms. The van der Waals surface area contributed by atoms with Gasteiger partial charge in [0.25, 0.3) is 0 Å². The lowest BCUT2D eigenvalue weighted by atomic mass is 9.93. The van der Waals surface area contributed by atoms with Gasteiger partial charge in [-0.25, -0.2) is 4.98 Å². The Bertz CT molecular complexity index is 565. The number of nitrogens with one attached hydrogen (secondary N) is 1. The Morgan fingerprint density at radius 3 is 2.67 bits per heavy atom.